The Labute approximate surface area is 105 Å². The van der Waals surface area contributed by atoms with Crippen molar-refractivity contribution in [1.29, 1.82) is 0 Å². The van der Waals surface area contributed by atoms with Crippen molar-refractivity contribution < 1.29 is 19.4 Å². The zero-order valence-corrected chi connectivity index (χ0v) is 10.6. The predicted molar refractivity (Wildman–Crippen MR) is 64.6 cm³/mol. The fourth-order valence-electron chi connectivity index (χ4n) is 1.66. The zero-order chi connectivity index (χ0) is 13.7. The minimum absolute atomic E-state index is 0.301. The minimum atomic E-state index is -1.03. The first-order valence-electron chi connectivity index (χ1n) is 5.50. The number of aliphatic carboxylic acids is 1. The Morgan fingerprint density at radius 2 is 2.22 bits per heavy atom. The first kappa shape index (κ1) is 14.0. The van der Waals surface area contributed by atoms with E-state index in [4.69, 9.17) is 9.84 Å². The minimum Gasteiger partial charge on any atom is -0.494 e. The summed E-state index contributed by atoms with van der Waals surface area (Å²) in [4.78, 5) is 28.2. The van der Waals surface area contributed by atoms with Crippen molar-refractivity contribution in [2.24, 2.45) is 0 Å². The number of ether oxygens (including phenoxy) is 1. The van der Waals surface area contributed by atoms with Crippen LogP contribution in [0.15, 0.2) is 18.5 Å². The monoisotopic (exact) mass is 252 g/mol. The van der Waals surface area contributed by atoms with E-state index in [-0.39, 0.29) is 0 Å². The maximum absolute atomic E-state index is 12.2. The highest BCUT2D eigenvalue weighted by atomic mass is 16.5. The van der Waals surface area contributed by atoms with E-state index in [1.165, 1.54) is 37.5 Å². The molecule has 1 N–H and O–H groups in total. The van der Waals surface area contributed by atoms with Gasteiger partial charge in [-0.1, -0.05) is 6.92 Å². The molecule has 0 radical (unpaired) electrons. The molecule has 1 heterocycles. The number of methoxy groups -OCH3 is 1. The number of likely N-dealkylation sites (N-methyl/N-ethyl adjacent to an activating group) is 1. The van der Waals surface area contributed by atoms with Crippen LogP contribution in [0.3, 0.4) is 0 Å². The molecule has 1 unspecified atom stereocenters. The quantitative estimate of drug-likeness (QED) is 0.846. The molecule has 1 amide bonds. The molecule has 6 nitrogen and oxygen atoms in total. The number of carbonyl (C=O) groups is 2. The molecule has 1 rings (SSSR count). The SMILES string of the molecule is CCC(C(=O)O)N(C)C(=O)c1ccncc1OC. The van der Waals surface area contributed by atoms with Crippen molar-refractivity contribution in [1.82, 2.24) is 9.88 Å². The van der Waals surface area contributed by atoms with Crippen LogP contribution >= 0.6 is 0 Å². The van der Waals surface area contributed by atoms with Crippen molar-refractivity contribution in [3.63, 3.8) is 0 Å². The van der Waals surface area contributed by atoms with Gasteiger partial charge in [-0.15, -0.1) is 0 Å². The fraction of sp³-hybridized carbons (Fsp3) is 0.417. The molecule has 1 aromatic heterocycles. The molecule has 6 heteroatoms. The van der Waals surface area contributed by atoms with Gasteiger partial charge in [0.15, 0.2) is 0 Å². The van der Waals surface area contributed by atoms with Gasteiger partial charge in [0.1, 0.15) is 11.8 Å². The largest absolute Gasteiger partial charge is 0.494 e. The van der Waals surface area contributed by atoms with Gasteiger partial charge in [0.05, 0.1) is 18.9 Å². The van der Waals surface area contributed by atoms with Crippen LogP contribution in [0.25, 0.3) is 0 Å². The number of hydrogen-bond donors (Lipinski definition) is 1. The Hall–Kier alpha value is -2.11. The van der Waals surface area contributed by atoms with Crippen molar-refractivity contribution >= 4 is 11.9 Å². The summed E-state index contributed by atoms with van der Waals surface area (Å²) >= 11 is 0. The summed E-state index contributed by atoms with van der Waals surface area (Å²) in [6, 6.07) is 0.655. The zero-order valence-electron chi connectivity index (χ0n) is 10.6. The third-order valence-corrected chi connectivity index (χ3v) is 2.69. The Morgan fingerprint density at radius 1 is 1.56 bits per heavy atom. The van der Waals surface area contributed by atoms with Gasteiger partial charge in [-0.2, -0.15) is 0 Å². The van der Waals surface area contributed by atoms with Gasteiger partial charge in [0, 0.05) is 13.2 Å². The molecule has 0 aliphatic heterocycles. The van der Waals surface area contributed by atoms with Crippen LogP contribution in [-0.4, -0.2) is 47.1 Å². The fourth-order valence-corrected chi connectivity index (χ4v) is 1.66. The summed E-state index contributed by atoms with van der Waals surface area (Å²) in [5, 5.41) is 9.03. The second-order valence-corrected chi connectivity index (χ2v) is 3.75. The molecule has 0 spiro atoms. The van der Waals surface area contributed by atoms with Crippen LogP contribution < -0.4 is 4.74 Å². The third kappa shape index (κ3) is 2.77. The van der Waals surface area contributed by atoms with Crippen molar-refractivity contribution in [3.8, 4) is 5.75 Å². The maximum atomic E-state index is 12.2. The van der Waals surface area contributed by atoms with E-state index in [9.17, 15) is 9.59 Å². The average Bonchev–Trinajstić information content (AvgIpc) is 2.38. The second kappa shape index (κ2) is 6.00. The molecule has 0 fully saturated rings. The molecule has 0 bridgehead atoms. The van der Waals surface area contributed by atoms with Crippen LogP contribution in [0.2, 0.25) is 0 Å². The summed E-state index contributed by atoms with van der Waals surface area (Å²) in [7, 11) is 2.90. The Bertz CT molecular complexity index is 447. The number of carbonyl (C=O) groups excluding carboxylic acids is 1. The lowest BCUT2D eigenvalue weighted by Gasteiger charge is -2.24. The topological polar surface area (TPSA) is 79.7 Å². The molecule has 18 heavy (non-hydrogen) atoms. The molecule has 1 aromatic rings. The first-order chi connectivity index (χ1) is 8.52. The normalized spacial score (nSPS) is 11.7. The first-order valence-corrected chi connectivity index (χ1v) is 5.50. The number of hydrogen-bond acceptors (Lipinski definition) is 4. The van der Waals surface area contributed by atoms with Crippen LogP contribution in [0.1, 0.15) is 23.7 Å². The smallest absolute Gasteiger partial charge is 0.326 e. The Kier molecular flexibility index (Phi) is 4.65. The molecule has 98 valence electrons. The van der Waals surface area contributed by atoms with Gasteiger partial charge in [0.25, 0.3) is 5.91 Å². The number of amides is 1. The molecule has 1 atom stereocenters. The molecule has 0 aliphatic carbocycles. The second-order valence-electron chi connectivity index (χ2n) is 3.75. The van der Waals surface area contributed by atoms with E-state index in [2.05, 4.69) is 4.98 Å². The van der Waals surface area contributed by atoms with Gasteiger partial charge in [0.2, 0.25) is 0 Å². The van der Waals surface area contributed by atoms with E-state index in [1.807, 2.05) is 0 Å². The summed E-state index contributed by atoms with van der Waals surface area (Å²) in [5.41, 5.74) is 0.301. The van der Waals surface area contributed by atoms with Gasteiger partial charge in [-0.25, -0.2) is 4.79 Å². The van der Waals surface area contributed by atoms with E-state index < -0.39 is 17.9 Å². The highest BCUT2D eigenvalue weighted by Gasteiger charge is 2.27. The molecular weight excluding hydrogens is 236 g/mol. The van der Waals surface area contributed by atoms with E-state index in [1.54, 1.807) is 6.92 Å². The summed E-state index contributed by atoms with van der Waals surface area (Å²) in [6.07, 6.45) is 3.22. The van der Waals surface area contributed by atoms with Gasteiger partial charge in [-0.3, -0.25) is 9.78 Å². The predicted octanol–water partition coefficient (Wildman–Crippen LogP) is 1.03. The third-order valence-electron chi connectivity index (χ3n) is 2.69. The summed E-state index contributed by atoms with van der Waals surface area (Å²) in [6.45, 7) is 1.71. The molecule has 0 saturated carbocycles. The molecule has 0 saturated heterocycles. The number of carboxylic acids is 1. The van der Waals surface area contributed by atoms with Gasteiger partial charge >= 0.3 is 5.97 Å². The summed E-state index contributed by atoms with van der Waals surface area (Å²) in [5.74, 6) is -1.10. The highest BCUT2D eigenvalue weighted by molar-refractivity contribution is 5.98. The summed E-state index contributed by atoms with van der Waals surface area (Å²) < 4.78 is 5.03. The highest BCUT2D eigenvalue weighted by Crippen LogP contribution is 2.19. The maximum Gasteiger partial charge on any atom is 0.326 e. The Morgan fingerprint density at radius 3 is 2.72 bits per heavy atom. The molecule has 0 aromatic carbocycles. The number of nitrogens with zero attached hydrogens (tertiary/aromatic N) is 2. The van der Waals surface area contributed by atoms with Crippen molar-refractivity contribution in [2.75, 3.05) is 14.2 Å². The average molecular weight is 252 g/mol. The standard InChI is InChI=1S/C12H16N2O4/c1-4-9(12(16)17)14(2)11(15)8-5-6-13-7-10(8)18-3/h5-7,9H,4H2,1-3H3,(H,16,17). The van der Waals surface area contributed by atoms with Crippen molar-refractivity contribution in [3.05, 3.63) is 24.0 Å². The van der Waals surface area contributed by atoms with Gasteiger partial charge < -0.3 is 14.7 Å². The molecular formula is C12H16N2O4. The van der Waals surface area contributed by atoms with Gasteiger partial charge in [-0.05, 0) is 12.5 Å². The Balaban J connectivity index is 3.02. The van der Waals surface area contributed by atoms with Crippen molar-refractivity contribution in [2.45, 2.75) is 19.4 Å². The lowest BCUT2D eigenvalue weighted by atomic mass is 10.1. The number of pyridine rings is 1. The molecule has 0 aliphatic rings. The number of aromatic nitrogens is 1. The van der Waals surface area contributed by atoms with Crippen LogP contribution in [0, 0.1) is 0 Å². The van der Waals surface area contributed by atoms with E-state index >= 15 is 0 Å². The van der Waals surface area contributed by atoms with E-state index in [0.717, 1.165) is 0 Å². The van der Waals surface area contributed by atoms with Crippen LogP contribution in [0.5, 0.6) is 5.75 Å². The number of rotatable bonds is 5. The number of carboxylic acid groups (broad SMARTS) is 1. The lowest BCUT2D eigenvalue weighted by molar-refractivity contribution is -0.142. The lowest BCUT2D eigenvalue weighted by Crippen LogP contribution is -2.42. The van der Waals surface area contributed by atoms with Crippen LogP contribution in [-0.2, 0) is 4.79 Å². The van der Waals surface area contributed by atoms with E-state index in [0.29, 0.717) is 17.7 Å². The van der Waals surface area contributed by atoms with Crippen LogP contribution in [0.4, 0.5) is 0 Å².